The predicted octanol–water partition coefficient (Wildman–Crippen LogP) is 3.56. The van der Waals surface area contributed by atoms with Gasteiger partial charge >= 0.3 is 12.3 Å². The second-order valence-corrected chi connectivity index (χ2v) is 6.05. The number of carboxylic acids is 1. The van der Waals surface area contributed by atoms with Gasteiger partial charge in [0.1, 0.15) is 5.82 Å². The normalized spacial score (nSPS) is 14.0. The standard InChI is InChI=1S/C18H17F3N2O3/c19-18(20,21)26-16-3-1-2-15(22-16)23-9-8-13-10-12(5-7-17(24)25)4-6-14(13)11-23/h1-4,6,10H,5,7-9,11H2,(H,24,25). The second kappa shape index (κ2) is 7.23. The zero-order chi connectivity index (χ0) is 18.7. The number of fused-ring (bicyclic) bond motifs is 1. The Bertz CT molecular complexity index is 809. The van der Waals surface area contributed by atoms with Gasteiger partial charge in [-0.05, 0) is 35.6 Å². The highest BCUT2D eigenvalue weighted by atomic mass is 19.4. The SMILES string of the molecule is O=C(O)CCc1ccc2c(c1)CCN(c1cccc(OC(F)(F)F)n1)C2. The highest BCUT2D eigenvalue weighted by Gasteiger charge is 2.32. The molecular formula is C18H17F3N2O3. The van der Waals surface area contributed by atoms with Crippen molar-refractivity contribution in [1.29, 1.82) is 0 Å². The van der Waals surface area contributed by atoms with Gasteiger partial charge in [0.15, 0.2) is 0 Å². The van der Waals surface area contributed by atoms with Gasteiger partial charge in [-0.3, -0.25) is 4.79 Å². The van der Waals surface area contributed by atoms with Crippen LogP contribution in [0.3, 0.4) is 0 Å². The zero-order valence-corrected chi connectivity index (χ0v) is 13.8. The molecular weight excluding hydrogens is 349 g/mol. The summed E-state index contributed by atoms with van der Waals surface area (Å²) >= 11 is 0. The van der Waals surface area contributed by atoms with Crippen molar-refractivity contribution in [2.75, 3.05) is 11.4 Å². The Kier molecular flexibility index (Phi) is 5.01. The van der Waals surface area contributed by atoms with Crippen molar-refractivity contribution in [2.45, 2.75) is 32.2 Å². The van der Waals surface area contributed by atoms with Crippen LogP contribution in [0, 0.1) is 0 Å². The minimum atomic E-state index is -4.77. The Morgan fingerprint density at radius 1 is 1.23 bits per heavy atom. The molecule has 2 heterocycles. The molecule has 2 aromatic rings. The van der Waals surface area contributed by atoms with Crippen molar-refractivity contribution >= 4 is 11.8 Å². The zero-order valence-electron chi connectivity index (χ0n) is 13.8. The van der Waals surface area contributed by atoms with Crippen molar-refractivity contribution in [2.24, 2.45) is 0 Å². The van der Waals surface area contributed by atoms with Crippen molar-refractivity contribution in [3.63, 3.8) is 0 Å². The maximum atomic E-state index is 12.4. The third kappa shape index (κ3) is 4.65. The Hall–Kier alpha value is -2.77. The summed E-state index contributed by atoms with van der Waals surface area (Å²) in [4.78, 5) is 16.5. The lowest BCUT2D eigenvalue weighted by atomic mass is 9.96. The number of carbonyl (C=O) groups is 1. The molecule has 1 aliphatic rings. The molecule has 26 heavy (non-hydrogen) atoms. The van der Waals surface area contributed by atoms with Crippen LogP contribution in [-0.4, -0.2) is 29.0 Å². The number of rotatable bonds is 5. The van der Waals surface area contributed by atoms with E-state index in [0.717, 1.165) is 16.7 Å². The number of nitrogens with zero attached hydrogens (tertiary/aromatic N) is 2. The molecule has 0 bridgehead atoms. The number of benzene rings is 1. The molecule has 0 spiro atoms. The molecule has 0 unspecified atom stereocenters. The molecule has 0 fully saturated rings. The van der Waals surface area contributed by atoms with Gasteiger partial charge < -0.3 is 14.7 Å². The van der Waals surface area contributed by atoms with E-state index in [1.165, 1.54) is 12.1 Å². The number of pyridine rings is 1. The second-order valence-electron chi connectivity index (χ2n) is 6.05. The first-order valence-corrected chi connectivity index (χ1v) is 8.10. The molecule has 3 rings (SSSR count). The number of aromatic nitrogens is 1. The molecule has 0 saturated heterocycles. The fraction of sp³-hybridized carbons (Fsp3) is 0.333. The molecule has 0 saturated carbocycles. The highest BCUT2D eigenvalue weighted by Crippen LogP contribution is 2.27. The molecule has 0 radical (unpaired) electrons. The fourth-order valence-electron chi connectivity index (χ4n) is 2.96. The van der Waals surface area contributed by atoms with Gasteiger partial charge in [-0.2, -0.15) is 4.98 Å². The Balaban J connectivity index is 1.72. The Labute approximate surface area is 148 Å². The minimum Gasteiger partial charge on any atom is -0.481 e. The summed E-state index contributed by atoms with van der Waals surface area (Å²) in [7, 11) is 0. The quantitative estimate of drug-likeness (QED) is 0.877. The minimum absolute atomic E-state index is 0.0842. The number of hydrogen-bond donors (Lipinski definition) is 1. The molecule has 5 nitrogen and oxygen atoms in total. The van der Waals surface area contributed by atoms with E-state index in [1.54, 1.807) is 6.07 Å². The lowest BCUT2D eigenvalue weighted by Gasteiger charge is -2.30. The third-order valence-corrected chi connectivity index (χ3v) is 4.16. The maximum absolute atomic E-state index is 12.4. The lowest BCUT2D eigenvalue weighted by molar-refractivity contribution is -0.276. The number of aliphatic carboxylic acids is 1. The van der Waals surface area contributed by atoms with Crippen molar-refractivity contribution in [1.82, 2.24) is 4.98 Å². The van der Waals surface area contributed by atoms with Crippen LogP contribution in [0.1, 0.15) is 23.1 Å². The van der Waals surface area contributed by atoms with Crippen LogP contribution < -0.4 is 9.64 Å². The summed E-state index contributed by atoms with van der Waals surface area (Å²) in [6.07, 6.45) is -3.50. The molecule has 0 aliphatic carbocycles. The molecule has 1 aromatic heterocycles. The smallest absolute Gasteiger partial charge is 0.481 e. The molecule has 8 heteroatoms. The number of hydrogen-bond acceptors (Lipinski definition) is 4. The molecule has 1 aliphatic heterocycles. The summed E-state index contributed by atoms with van der Waals surface area (Å²) in [5, 5.41) is 8.77. The van der Waals surface area contributed by atoms with Gasteiger partial charge in [0.05, 0.1) is 0 Å². The Morgan fingerprint density at radius 3 is 2.77 bits per heavy atom. The van der Waals surface area contributed by atoms with Gasteiger partial charge in [0, 0.05) is 25.6 Å². The van der Waals surface area contributed by atoms with Crippen LogP contribution in [0.5, 0.6) is 5.88 Å². The van der Waals surface area contributed by atoms with E-state index in [-0.39, 0.29) is 6.42 Å². The monoisotopic (exact) mass is 366 g/mol. The number of ether oxygens (including phenoxy) is 1. The van der Waals surface area contributed by atoms with Crippen LogP contribution in [-0.2, 0) is 24.2 Å². The average molecular weight is 366 g/mol. The van der Waals surface area contributed by atoms with Crippen LogP contribution in [0.4, 0.5) is 19.0 Å². The first-order valence-electron chi connectivity index (χ1n) is 8.10. The van der Waals surface area contributed by atoms with Crippen LogP contribution >= 0.6 is 0 Å². The summed E-state index contributed by atoms with van der Waals surface area (Å²) < 4.78 is 40.9. The number of carboxylic acid groups (broad SMARTS) is 1. The largest absolute Gasteiger partial charge is 0.574 e. The van der Waals surface area contributed by atoms with E-state index in [9.17, 15) is 18.0 Å². The van der Waals surface area contributed by atoms with Gasteiger partial charge in [0.2, 0.25) is 5.88 Å². The van der Waals surface area contributed by atoms with Gasteiger partial charge in [-0.1, -0.05) is 24.3 Å². The van der Waals surface area contributed by atoms with E-state index < -0.39 is 18.2 Å². The first kappa shape index (κ1) is 18.0. The molecule has 0 atom stereocenters. The number of anilines is 1. The van der Waals surface area contributed by atoms with Gasteiger partial charge in [-0.25, -0.2) is 0 Å². The maximum Gasteiger partial charge on any atom is 0.574 e. The molecule has 138 valence electrons. The molecule has 1 aromatic carbocycles. The Morgan fingerprint density at radius 2 is 2.04 bits per heavy atom. The van der Waals surface area contributed by atoms with Gasteiger partial charge in [-0.15, -0.1) is 13.2 Å². The van der Waals surface area contributed by atoms with Crippen LogP contribution in [0.15, 0.2) is 36.4 Å². The van der Waals surface area contributed by atoms with E-state index in [0.29, 0.717) is 31.7 Å². The van der Waals surface area contributed by atoms with E-state index in [2.05, 4.69) is 9.72 Å². The van der Waals surface area contributed by atoms with E-state index >= 15 is 0 Å². The van der Waals surface area contributed by atoms with Crippen LogP contribution in [0.2, 0.25) is 0 Å². The summed E-state index contributed by atoms with van der Waals surface area (Å²) in [5.74, 6) is -0.891. The predicted molar refractivity (Wildman–Crippen MR) is 88.1 cm³/mol. The third-order valence-electron chi connectivity index (χ3n) is 4.16. The number of halogens is 3. The van der Waals surface area contributed by atoms with Crippen LogP contribution in [0.25, 0.3) is 0 Å². The summed E-state index contributed by atoms with van der Waals surface area (Å²) in [5.41, 5.74) is 3.16. The average Bonchev–Trinajstić information content (AvgIpc) is 2.58. The first-order chi connectivity index (χ1) is 12.3. The summed E-state index contributed by atoms with van der Waals surface area (Å²) in [6.45, 7) is 1.13. The molecule has 0 amide bonds. The number of alkyl halides is 3. The summed E-state index contributed by atoms with van der Waals surface area (Å²) in [6, 6.07) is 10.1. The van der Waals surface area contributed by atoms with Crippen molar-refractivity contribution in [3.05, 3.63) is 53.1 Å². The van der Waals surface area contributed by atoms with E-state index in [1.807, 2.05) is 23.1 Å². The highest BCUT2D eigenvalue weighted by molar-refractivity contribution is 5.67. The number of aryl methyl sites for hydroxylation is 1. The van der Waals surface area contributed by atoms with Crippen molar-refractivity contribution in [3.8, 4) is 5.88 Å². The topological polar surface area (TPSA) is 62.7 Å². The van der Waals surface area contributed by atoms with E-state index in [4.69, 9.17) is 5.11 Å². The molecule has 1 N–H and O–H groups in total. The lowest BCUT2D eigenvalue weighted by Crippen LogP contribution is -2.31. The fourth-order valence-corrected chi connectivity index (χ4v) is 2.96. The van der Waals surface area contributed by atoms with Gasteiger partial charge in [0.25, 0.3) is 0 Å². The van der Waals surface area contributed by atoms with Crippen molar-refractivity contribution < 1.29 is 27.8 Å².